The predicted octanol–water partition coefficient (Wildman–Crippen LogP) is 1.91. The molecule has 0 bridgehead atoms. The molecule has 0 fully saturated rings. The van der Waals surface area contributed by atoms with E-state index in [4.69, 9.17) is 4.52 Å². The predicted molar refractivity (Wildman–Crippen MR) is 109 cm³/mol. The van der Waals surface area contributed by atoms with Gasteiger partial charge >= 0.3 is 6.03 Å². The van der Waals surface area contributed by atoms with E-state index in [1.54, 1.807) is 0 Å². The molecular formula is C21H21N5O4. The number of rotatable bonds is 6. The summed E-state index contributed by atoms with van der Waals surface area (Å²) in [5.41, 5.74) is 7.27. The van der Waals surface area contributed by atoms with Gasteiger partial charge in [-0.1, -0.05) is 65.3 Å². The Hall–Kier alpha value is -4.14. The average Bonchev–Trinajstić information content (AvgIpc) is 3.27. The van der Waals surface area contributed by atoms with E-state index >= 15 is 0 Å². The fraction of sp³-hybridized carbons (Fsp3) is 0.143. The molecule has 4 N–H and O–H groups in total. The zero-order valence-electron chi connectivity index (χ0n) is 16.3. The van der Waals surface area contributed by atoms with Crippen LogP contribution in [0, 0.1) is 6.92 Å². The third kappa shape index (κ3) is 5.93. The van der Waals surface area contributed by atoms with Gasteiger partial charge in [0.2, 0.25) is 0 Å². The highest BCUT2D eigenvalue weighted by molar-refractivity contribution is 5.94. The van der Waals surface area contributed by atoms with Crippen LogP contribution in [0.25, 0.3) is 11.3 Å². The molecule has 9 heteroatoms. The van der Waals surface area contributed by atoms with Crippen molar-refractivity contribution < 1.29 is 18.9 Å². The number of aromatic nitrogens is 1. The molecule has 3 rings (SSSR count). The Morgan fingerprint density at radius 2 is 1.67 bits per heavy atom. The first-order chi connectivity index (χ1) is 14.5. The second-order valence-corrected chi connectivity index (χ2v) is 6.47. The van der Waals surface area contributed by atoms with Gasteiger partial charge in [-0.05, 0) is 12.5 Å². The topological polar surface area (TPSA) is 125 Å². The summed E-state index contributed by atoms with van der Waals surface area (Å²) in [6.07, 6.45) is 0. The van der Waals surface area contributed by atoms with E-state index in [1.165, 1.54) is 6.07 Å². The van der Waals surface area contributed by atoms with Crippen molar-refractivity contribution in [2.24, 2.45) is 0 Å². The monoisotopic (exact) mass is 407 g/mol. The van der Waals surface area contributed by atoms with E-state index in [0.29, 0.717) is 12.3 Å². The normalized spacial score (nSPS) is 10.2. The van der Waals surface area contributed by atoms with Crippen LogP contribution in [0.15, 0.2) is 65.2 Å². The van der Waals surface area contributed by atoms with Gasteiger partial charge in [0.15, 0.2) is 11.5 Å². The maximum Gasteiger partial charge on any atom is 0.315 e. The Morgan fingerprint density at radius 1 is 0.933 bits per heavy atom. The minimum Gasteiger partial charge on any atom is -0.355 e. The SMILES string of the molecule is Cc1ccc(CNC(=O)NCC(=O)NNC(=O)c2cc(-c3ccccc3)on2)cc1. The van der Waals surface area contributed by atoms with Crippen molar-refractivity contribution in [2.45, 2.75) is 13.5 Å². The zero-order chi connectivity index (χ0) is 21.3. The third-order valence-electron chi connectivity index (χ3n) is 4.10. The van der Waals surface area contributed by atoms with Gasteiger partial charge in [-0.2, -0.15) is 0 Å². The van der Waals surface area contributed by atoms with Gasteiger partial charge in [-0.15, -0.1) is 0 Å². The molecule has 0 aliphatic rings. The van der Waals surface area contributed by atoms with E-state index in [1.807, 2.05) is 61.5 Å². The number of urea groups is 1. The fourth-order valence-corrected chi connectivity index (χ4v) is 2.47. The lowest BCUT2D eigenvalue weighted by molar-refractivity contribution is -0.120. The summed E-state index contributed by atoms with van der Waals surface area (Å²) in [4.78, 5) is 35.6. The molecule has 4 amide bonds. The summed E-state index contributed by atoms with van der Waals surface area (Å²) in [6, 6.07) is 17.8. The number of aryl methyl sites for hydroxylation is 1. The highest BCUT2D eigenvalue weighted by Gasteiger charge is 2.14. The number of benzene rings is 2. The number of hydrazine groups is 1. The van der Waals surface area contributed by atoms with Crippen molar-refractivity contribution in [2.75, 3.05) is 6.54 Å². The number of nitrogens with one attached hydrogen (secondary N) is 4. The Balaban J connectivity index is 1.38. The second-order valence-electron chi connectivity index (χ2n) is 6.47. The first-order valence-electron chi connectivity index (χ1n) is 9.20. The molecule has 30 heavy (non-hydrogen) atoms. The molecule has 1 heterocycles. The third-order valence-corrected chi connectivity index (χ3v) is 4.10. The van der Waals surface area contributed by atoms with E-state index in [0.717, 1.165) is 16.7 Å². The first kappa shape index (κ1) is 20.6. The molecule has 0 atom stereocenters. The molecular weight excluding hydrogens is 386 g/mol. The molecule has 2 aromatic carbocycles. The van der Waals surface area contributed by atoms with E-state index in [-0.39, 0.29) is 12.2 Å². The Kier molecular flexibility index (Phi) is 6.78. The molecule has 0 aliphatic carbocycles. The van der Waals surface area contributed by atoms with Gasteiger partial charge < -0.3 is 15.2 Å². The van der Waals surface area contributed by atoms with Crippen LogP contribution in [0.1, 0.15) is 21.6 Å². The summed E-state index contributed by atoms with van der Waals surface area (Å²) in [5, 5.41) is 8.73. The van der Waals surface area contributed by atoms with Crippen LogP contribution in [0.5, 0.6) is 0 Å². The van der Waals surface area contributed by atoms with Crippen molar-refractivity contribution in [3.8, 4) is 11.3 Å². The van der Waals surface area contributed by atoms with Crippen molar-refractivity contribution in [1.82, 2.24) is 26.6 Å². The van der Waals surface area contributed by atoms with Gasteiger partial charge in [0.25, 0.3) is 11.8 Å². The molecule has 3 aromatic rings. The number of carbonyl (C=O) groups excluding carboxylic acids is 3. The highest BCUT2D eigenvalue weighted by Crippen LogP contribution is 2.19. The molecule has 0 radical (unpaired) electrons. The number of hydrogen-bond donors (Lipinski definition) is 4. The number of nitrogens with zero attached hydrogens (tertiary/aromatic N) is 1. The van der Waals surface area contributed by atoms with Crippen LogP contribution in [-0.4, -0.2) is 29.5 Å². The van der Waals surface area contributed by atoms with Crippen molar-refractivity contribution in [3.63, 3.8) is 0 Å². The smallest absolute Gasteiger partial charge is 0.315 e. The zero-order valence-corrected chi connectivity index (χ0v) is 16.3. The number of amides is 4. The molecule has 0 aliphatic heterocycles. The van der Waals surface area contributed by atoms with Crippen LogP contribution >= 0.6 is 0 Å². The Morgan fingerprint density at radius 3 is 2.40 bits per heavy atom. The van der Waals surface area contributed by atoms with Gasteiger partial charge in [-0.3, -0.25) is 20.4 Å². The average molecular weight is 407 g/mol. The summed E-state index contributed by atoms with van der Waals surface area (Å²) >= 11 is 0. The van der Waals surface area contributed by atoms with Crippen LogP contribution in [-0.2, 0) is 11.3 Å². The molecule has 0 spiro atoms. The maximum atomic E-state index is 12.1. The van der Waals surface area contributed by atoms with Crippen molar-refractivity contribution in [1.29, 1.82) is 0 Å². The summed E-state index contributed by atoms with van der Waals surface area (Å²) < 4.78 is 5.14. The lowest BCUT2D eigenvalue weighted by Gasteiger charge is -2.09. The lowest BCUT2D eigenvalue weighted by atomic mass is 10.1. The van der Waals surface area contributed by atoms with E-state index in [9.17, 15) is 14.4 Å². The van der Waals surface area contributed by atoms with Crippen LogP contribution in [0.4, 0.5) is 4.79 Å². The molecule has 0 saturated heterocycles. The number of carbonyl (C=O) groups is 3. The van der Waals surface area contributed by atoms with E-state index in [2.05, 4.69) is 26.6 Å². The Labute approximate surface area is 172 Å². The number of hydrogen-bond acceptors (Lipinski definition) is 5. The molecule has 0 unspecified atom stereocenters. The molecule has 154 valence electrons. The summed E-state index contributed by atoms with van der Waals surface area (Å²) in [5.74, 6) is -0.808. The van der Waals surface area contributed by atoms with E-state index < -0.39 is 17.8 Å². The minimum atomic E-state index is -0.641. The van der Waals surface area contributed by atoms with Gasteiger partial charge in [-0.25, -0.2) is 4.79 Å². The molecule has 0 saturated carbocycles. The quantitative estimate of drug-likeness (QED) is 0.465. The van der Waals surface area contributed by atoms with Gasteiger partial charge in [0, 0.05) is 18.2 Å². The standard InChI is InChI=1S/C21H21N5O4/c1-14-7-9-15(10-8-14)12-22-21(29)23-13-19(27)24-25-20(28)17-11-18(30-26-17)16-5-3-2-4-6-16/h2-11H,12-13H2,1H3,(H,24,27)(H,25,28)(H2,22,23,29). The fourth-order valence-electron chi connectivity index (χ4n) is 2.47. The van der Waals surface area contributed by atoms with Crippen LogP contribution < -0.4 is 21.5 Å². The Bertz CT molecular complexity index is 1020. The summed E-state index contributed by atoms with van der Waals surface area (Å²) in [7, 11) is 0. The van der Waals surface area contributed by atoms with Crippen molar-refractivity contribution >= 4 is 17.8 Å². The summed E-state index contributed by atoms with van der Waals surface area (Å²) in [6.45, 7) is 2.00. The largest absolute Gasteiger partial charge is 0.355 e. The van der Waals surface area contributed by atoms with Crippen LogP contribution in [0.3, 0.4) is 0 Å². The van der Waals surface area contributed by atoms with Gasteiger partial charge in [0.1, 0.15) is 6.54 Å². The maximum absolute atomic E-state index is 12.1. The minimum absolute atomic E-state index is 0.0120. The molecule has 1 aromatic heterocycles. The van der Waals surface area contributed by atoms with Crippen molar-refractivity contribution in [3.05, 3.63) is 77.5 Å². The highest BCUT2D eigenvalue weighted by atomic mass is 16.5. The first-order valence-corrected chi connectivity index (χ1v) is 9.20. The van der Waals surface area contributed by atoms with Crippen LogP contribution in [0.2, 0.25) is 0 Å². The molecule has 9 nitrogen and oxygen atoms in total. The lowest BCUT2D eigenvalue weighted by Crippen LogP contribution is -2.48. The second kappa shape index (κ2) is 9.87. The van der Waals surface area contributed by atoms with Gasteiger partial charge in [0.05, 0.1) is 0 Å².